The van der Waals surface area contributed by atoms with Crippen LogP contribution in [-0.2, 0) is 11.2 Å². The fraction of sp³-hybridized carbons (Fsp3) is 0.333. The molecule has 1 atom stereocenters. The predicted octanol–water partition coefficient (Wildman–Crippen LogP) is 2.62. The summed E-state index contributed by atoms with van der Waals surface area (Å²) in [6.45, 7) is 1.45. The van der Waals surface area contributed by atoms with E-state index in [1.807, 2.05) is 39.9 Å². The van der Waals surface area contributed by atoms with E-state index in [1.54, 1.807) is 32.0 Å². The van der Waals surface area contributed by atoms with Crippen LogP contribution in [0.3, 0.4) is 0 Å². The summed E-state index contributed by atoms with van der Waals surface area (Å²) in [7, 11) is 1.64. The molecule has 2 aromatic heterocycles. The number of methoxy groups -OCH3 is 1. The maximum absolute atomic E-state index is 12.9. The van der Waals surface area contributed by atoms with Crippen LogP contribution in [0, 0.1) is 0 Å². The highest BCUT2D eigenvalue weighted by Gasteiger charge is 2.28. The van der Waals surface area contributed by atoms with Crippen molar-refractivity contribution >= 4 is 5.91 Å². The van der Waals surface area contributed by atoms with Crippen molar-refractivity contribution in [3.8, 4) is 11.6 Å². The maximum Gasteiger partial charge on any atom is 0.227 e. The lowest BCUT2D eigenvalue weighted by atomic mass is 9.93. The molecule has 1 aliphatic heterocycles. The molecule has 1 aliphatic rings. The average Bonchev–Trinajstić information content (AvgIpc) is 3.29. The number of ether oxygens (including phenoxy) is 1. The summed E-state index contributed by atoms with van der Waals surface area (Å²) in [6.07, 6.45) is 11.1. The molecule has 1 aromatic carbocycles. The Hall–Kier alpha value is -3.22. The Labute approximate surface area is 164 Å². The molecule has 0 bridgehead atoms. The van der Waals surface area contributed by atoms with Gasteiger partial charge in [-0.25, -0.2) is 9.97 Å². The number of nitrogens with zero attached hydrogens (tertiary/aromatic N) is 5. The van der Waals surface area contributed by atoms with Crippen molar-refractivity contribution < 1.29 is 9.53 Å². The van der Waals surface area contributed by atoms with E-state index < -0.39 is 0 Å². The highest BCUT2D eigenvalue weighted by atomic mass is 16.5. The molecule has 0 spiro atoms. The zero-order chi connectivity index (χ0) is 19.3. The highest BCUT2D eigenvalue weighted by Crippen LogP contribution is 2.29. The van der Waals surface area contributed by atoms with Crippen LogP contribution in [0.25, 0.3) is 5.82 Å². The Morgan fingerprint density at radius 1 is 1.18 bits per heavy atom. The quantitative estimate of drug-likeness (QED) is 0.683. The van der Waals surface area contributed by atoms with Crippen molar-refractivity contribution in [2.24, 2.45) is 0 Å². The fourth-order valence-corrected chi connectivity index (χ4v) is 3.67. The van der Waals surface area contributed by atoms with Gasteiger partial charge in [0.25, 0.3) is 0 Å². The third kappa shape index (κ3) is 3.88. The van der Waals surface area contributed by atoms with Gasteiger partial charge in [-0.3, -0.25) is 14.3 Å². The number of carbonyl (C=O) groups is 1. The van der Waals surface area contributed by atoms with E-state index in [2.05, 4.69) is 15.0 Å². The van der Waals surface area contributed by atoms with Crippen molar-refractivity contribution in [3.63, 3.8) is 0 Å². The SMILES string of the molecule is COc1ccc(CC(=O)N2CCC[C@H](c3nccnc3-n3ccnc3)C2)cc1. The summed E-state index contributed by atoms with van der Waals surface area (Å²) in [5.41, 5.74) is 1.91. The van der Waals surface area contributed by atoms with Crippen molar-refractivity contribution in [1.29, 1.82) is 0 Å². The Balaban J connectivity index is 1.48. The lowest BCUT2D eigenvalue weighted by Crippen LogP contribution is -2.40. The van der Waals surface area contributed by atoms with Gasteiger partial charge in [-0.05, 0) is 30.5 Å². The molecule has 4 rings (SSSR count). The number of aromatic nitrogens is 4. The average molecular weight is 377 g/mol. The Bertz CT molecular complexity index is 924. The normalized spacial score (nSPS) is 16.8. The predicted molar refractivity (Wildman–Crippen MR) is 104 cm³/mol. The van der Waals surface area contributed by atoms with Crippen molar-refractivity contribution in [3.05, 3.63) is 66.6 Å². The maximum atomic E-state index is 12.9. The van der Waals surface area contributed by atoms with Gasteiger partial charge >= 0.3 is 0 Å². The zero-order valence-electron chi connectivity index (χ0n) is 15.9. The van der Waals surface area contributed by atoms with E-state index in [-0.39, 0.29) is 11.8 Å². The van der Waals surface area contributed by atoms with E-state index in [4.69, 9.17) is 4.74 Å². The van der Waals surface area contributed by atoms with Gasteiger partial charge in [0.2, 0.25) is 5.91 Å². The topological polar surface area (TPSA) is 73.1 Å². The molecule has 28 heavy (non-hydrogen) atoms. The molecule has 3 heterocycles. The zero-order valence-corrected chi connectivity index (χ0v) is 15.9. The molecule has 0 saturated carbocycles. The molecule has 0 N–H and O–H groups in total. The van der Waals surface area contributed by atoms with Gasteiger partial charge in [0.05, 0.1) is 19.2 Å². The number of likely N-dealkylation sites (tertiary alicyclic amines) is 1. The van der Waals surface area contributed by atoms with Crippen LogP contribution in [0.4, 0.5) is 0 Å². The van der Waals surface area contributed by atoms with Crippen molar-refractivity contribution in [1.82, 2.24) is 24.4 Å². The van der Waals surface area contributed by atoms with Gasteiger partial charge in [0.1, 0.15) is 12.1 Å². The van der Waals surface area contributed by atoms with Crippen LogP contribution in [0.15, 0.2) is 55.4 Å². The monoisotopic (exact) mass is 377 g/mol. The standard InChI is InChI=1S/C21H23N5O2/c1-28-18-6-4-16(5-7-18)13-19(27)25-11-2-3-17(14-25)20-21(24-9-8-23-20)26-12-10-22-15-26/h4-10,12,15,17H,2-3,11,13-14H2,1H3/t17-/m0/s1. The smallest absolute Gasteiger partial charge is 0.227 e. The lowest BCUT2D eigenvalue weighted by Gasteiger charge is -2.33. The van der Waals surface area contributed by atoms with Gasteiger partial charge in [-0.2, -0.15) is 0 Å². The second-order valence-corrected chi connectivity index (χ2v) is 6.94. The first-order valence-electron chi connectivity index (χ1n) is 9.44. The highest BCUT2D eigenvalue weighted by molar-refractivity contribution is 5.79. The Morgan fingerprint density at radius 2 is 2.00 bits per heavy atom. The summed E-state index contributed by atoms with van der Waals surface area (Å²) in [4.78, 5) is 28.0. The first kappa shape index (κ1) is 18.2. The molecule has 0 radical (unpaired) electrons. The lowest BCUT2D eigenvalue weighted by molar-refractivity contribution is -0.131. The minimum Gasteiger partial charge on any atom is -0.497 e. The number of rotatable bonds is 5. The minimum atomic E-state index is 0.142. The molecule has 1 saturated heterocycles. The first-order valence-corrected chi connectivity index (χ1v) is 9.44. The summed E-state index contributed by atoms with van der Waals surface area (Å²) in [6, 6.07) is 7.66. The van der Waals surface area contributed by atoms with E-state index >= 15 is 0 Å². The van der Waals surface area contributed by atoms with Crippen LogP contribution in [-0.4, -0.2) is 50.5 Å². The minimum absolute atomic E-state index is 0.142. The second kappa shape index (κ2) is 8.21. The van der Waals surface area contributed by atoms with Crippen molar-refractivity contribution in [2.75, 3.05) is 20.2 Å². The number of benzene rings is 1. The molecular weight excluding hydrogens is 354 g/mol. The summed E-state index contributed by atoms with van der Waals surface area (Å²) < 4.78 is 7.06. The number of amides is 1. The van der Waals surface area contributed by atoms with Crippen LogP contribution in [0.1, 0.15) is 30.0 Å². The Morgan fingerprint density at radius 3 is 2.75 bits per heavy atom. The molecule has 7 nitrogen and oxygen atoms in total. The number of piperidine rings is 1. The van der Waals surface area contributed by atoms with Crippen LogP contribution in [0.5, 0.6) is 5.75 Å². The molecule has 7 heteroatoms. The third-order valence-electron chi connectivity index (χ3n) is 5.13. The van der Waals surface area contributed by atoms with Gasteiger partial charge in [0.15, 0.2) is 5.82 Å². The van der Waals surface area contributed by atoms with Crippen molar-refractivity contribution in [2.45, 2.75) is 25.2 Å². The Kier molecular flexibility index (Phi) is 5.32. The van der Waals surface area contributed by atoms with Gasteiger partial charge < -0.3 is 9.64 Å². The molecule has 1 fully saturated rings. The summed E-state index contributed by atoms with van der Waals surface area (Å²) in [5, 5.41) is 0. The van der Waals surface area contributed by atoms with Crippen LogP contribution >= 0.6 is 0 Å². The van der Waals surface area contributed by atoms with Gasteiger partial charge in [-0.1, -0.05) is 12.1 Å². The van der Waals surface area contributed by atoms with Crippen LogP contribution in [0.2, 0.25) is 0 Å². The molecule has 0 aliphatic carbocycles. The van der Waals surface area contributed by atoms with Crippen LogP contribution < -0.4 is 4.74 Å². The largest absolute Gasteiger partial charge is 0.497 e. The van der Waals surface area contributed by atoms with E-state index in [0.717, 1.165) is 42.2 Å². The second-order valence-electron chi connectivity index (χ2n) is 6.94. The van der Waals surface area contributed by atoms with E-state index in [9.17, 15) is 4.79 Å². The number of hydrogen-bond acceptors (Lipinski definition) is 5. The molecular formula is C21H23N5O2. The third-order valence-corrected chi connectivity index (χ3v) is 5.13. The number of carbonyl (C=O) groups excluding carboxylic acids is 1. The van der Waals surface area contributed by atoms with E-state index in [0.29, 0.717) is 13.0 Å². The summed E-state index contributed by atoms with van der Waals surface area (Å²) in [5.74, 6) is 1.89. The van der Waals surface area contributed by atoms with Gasteiger partial charge in [0, 0.05) is 43.8 Å². The molecule has 1 amide bonds. The van der Waals surface area contributed by atoms with Gasteiger partial charge in [-0.15, -0.1) is 0 Å². The summed E-state index contributed by atoms with van der Waals surface area (Å²) >= 11 is 0. The molecule has 0 unspecified atom stereocenters. The molecule has 3 aromatic rings. The number of imidazole rings is 1. The molecule has 144 valence electrons. The first-order chi connectivity index (χ1) is 13.7. The fourth-order valence-electron chi connectivity index (χ4n) is 3.67. The number of hydrogen-bond donors (Lipinski definition) is 0. The van der Waals surface area contributed by atoms with E-state index in [1.165, 1.54) is 0 Å².